The number of carbonyl (C=O) groups is 2. The molecule has 0 amide bonds. The van der Waals surface area contributed by atoms with E-state index in [1.165, 1.54) is 6.33 Å². The molecule has 1 aliphatic heterocycles. The van der Waals surface area contributed by atoms with Gasteiger partial charge in [-0.2, -0.15) is 0 Å². The molecule has 10 heteroatoms. The van der Waals surface area contributed by atoms with Crippen LogP contribution >= 0.6 is 0 Å². The molecule has 1 fully saturated rings. The van der Waals surface area contributed by atoms with Crippen molar-refractivity contribution < 1.29 is 24.5 Å². The van der Waals surface area contributed by atoms with E-state index in [4.69, 9.17) is 4.74 Å². The van der Waals surface area contributed by atoms with Gasteiger partial charge in [0, 0.05) is 35.2 Å². The largest absolute Gasteiger partial charge is 0.394 e. The summed E-state index contributed by atoms with van der Waals surface area (Å²) in [5.41, 5.74) is 3.50. The fraction of sp³-hybridized carbons (Fsp3) is 0.240. The maximum absolute atomic E-state index is 13.0. The number of carbonyl (C=O) groups excluding carboxylic acids is 2. The number of aliphatic hydroxyl groups excluding tert-OH is 2. The summed E-state index contributed by atoms with van der Waals surface area (Å²) < 4.78 is 7.43. The molecule has 35 heavy (non-hydrogen) atoms. The lowest BCUT2D eigenvalue weighted by Crippen LogP contribution is -2.24. The molecule has 0 spiro atoms. The maximum Gasteiger partial charge on any atom is 0.194 e. The standard InChI is InChI=1S/C25H21N5O5/c31-10-19-18(32)8-20(35-19)30-12-29-21-24(27-11-28-25(21)30)26-9-13-5-6-16-17(7-13)23(34)15-4-2-1-3-14(15)22(16)33/h1-7,11-12,18-20,31-32H,8-10H2,(H,26,27,28)/t18-,19+,20+/m0/s1. The normalized spacial score (nSPS) is 21.3. The molecule has 2 aromatic heterocycles. The lowest BCUT2D eigenvalue weighted by atomic mass is 9.83. The number of anilines is 1. The molecule has 3 N–H and O–H groups in total. The van der Waals surface area contributed by atoms with Crippen LogP contribution in [0.2, 0.25) is 0 Å². The molecule has 6 rings (SSSR count). The maximum atomic E-state index is 13.0. The topological polar surface area (TPSA) is 139 Å². The van der Waals surface area contributed by atoms with Crippen LogP contribution in [0.3, 0.4) is 0 Å². The number of rotatable bonds is 5. The zero-order valence-corrected chi connectivity index (χ0v) is 18.5. The SMILES string of the molecule is O=C1c2ccccc2C(=O)c2cc(CNc3ncnc4c3ncn4[C@H]3C[C@H](O)[C@@H](CO)O3)ccc21. The summed E-state index contributed by atoms with van der Waals surface area (Å²) in [5, 5.41) is 22.7. The van der Waals surface area contributed by atoms with Crippen LogP contribution in [0.4, 0.5) is 5.82 Å². The van der Waals surface area contributed by atoms with Crippen LogP contribution in [-0.2, 0) is 11.3 Å². The fourth-order valence-electron chi connectivity index (χ4n) is 4.68. The van der Waals surface area contributed by atoms with Crippen molar-refractivity contribution in [2.75, 3.05) is 11.9 Å². The van der Waals surface area contributed by atoms with Crippen molar-refractivity contribution in [1.29, 1.82) is 0 Å². The van der Waals surface area contributed by atoms with Crippen LogP contribution in [0.5, 0.6) is 0 Å². The average Bonchev–Trinajstić information content (AvgIpc) is 3.49. The fourth-order valence-corrected chi connectivity index (χ4v) is 4.68. The lowest BCUT2D eigenvalue weighted by molar-refractivity contribution is -0.0432. The highest BCUT2D eigenvalue weighted by atomic mass is 16.5. The van der Waals surface area contributed by atoms with Crippen LogP contribution < -0.4 is 5.32 Å². The Morgan fingerprint density at radius 1 is 1.00 bits per heavy atom. The summed E-state index contributed by atoms with van der Waals surface area (Å²) in [5.74, 6) is 0.178. The number of nitrogens with zero attached hydrogens (tertiary/aromatic N) is 4. The molecule has 0 radical (unpaired) electrons. The summed E-state index contributed by atoms with van der Waals surface area (Å²) in [4.78, 5) is 38.9. The van der Waals surface area contributed by atoms with Gasteiger partial charge in [0.2, 0.25) is 0 Å². The van der Waals surface area contributed by atoms with Crippen molar-refractivity contribution in [3.63, 3.8) is 0 Å². The summed E-state index contributed by atoms with van der Waals surface area (Å²) in [6.45, 7) is 0.0765. The third kappa shape index (κ3) is 3.50. The smallest absolute Gasteiger partial charge is 0.194 e. The van der Waals surface area contributed by atoms with Crippen molar-refractivity contribution in [2.45, 2.75) is 31.4 Å². The molecule has 3 atom stereocenters. The Kier molecular flexibility index (Phi) is 5.14. The molecule has 1 aliphatic carbocycles. The predicted octanol–water partition coefficient (Wildman–Crippen LogP) is 1.85. The molecule has 10 nitrogen and oxygen atoms in total. The Labute approximate surface area is 199 Å². The zero-order chi connectivity index (χ0) is 24.1. The monoisotopic (exact) mass is 471 g/mol. The van der Waals surface area contributed by atoms with Gasteiger partial charge in [0.1, 0.15) is 18.7 Å². The van der Waals surface area contributed by atoms with Gasteiger partial charge in [-0.15, -0.1) is 0 Å². The first kappa shape index (κ1) is 21.5. The van der Waals surface area contributed by atoms with Gasteiger partial charge < -0.3 is 20.3 Å². The van der Waals surface area contributed by atoms with E-state index in [2.05, 4.69) is 20.3 Å². The van der Waals surface area contributed by atoms with E-state index in [0.29, 0.717) is 52.2 Å². The van der Waals surface area contributed by atoms with E-state index in [1.54, 1.807) is 47.3 Å². The molecule has 0 bridgehead atoms. The highest BCUT2D eigenvalue weighted by Gasteiger charge is 2.35. The van der Waals surface area contributed by atoms with E-state index in [-0.39, 0.29) is 18.2 Å². The second-order valence-corrected chi connectivity index (χ2v) is 8.60. The Morgan fingerprint density at radius 2 is 1.74 bits per heavy atom. The quantitative estimate of drug-likeness (QED) is 0.350. The van der Waals surface area contributed by atoms with Crippen LogP contribution in [0.15, 0.2) is 55.1 Å². The van der Waals surface area contributed by atoms with Gasteiger partial charge >= 0.3 is 0 Å². The van der Waals surface area contributed by atoms with Gasteiger partial charge in [-0.25, -0.2) is 15.0 Å². The third-order valence-corrected chi connectivity index (χ3v) is 6.50. The van der Waals surface area contributed by atoms with E-state index < -0.39 is 18.4 Å². The number of aliphatic hydroxyl groups is 2. The van der Waals surface area contributed by atoms with Crippen molar-refractivity contribution in [1.82, 2.24) is 19.5 Å². The molecule has 2 aliphatic rings. The van der Waals surface area contributed by atoms with Crippen molar-refractivity contribution in [3.8, 4) is 0 Å². The first-order chi connectivity index (χ1) is 17.0. The second kappa shape index (κ2) is 8.35. The van der Waals surface area contributed by atoms with Crippen LogP contribution in [0, 0.1) is 0 Å². The molecule has 0 saturated carbocycles. The van der Waals surface area contributed by atoms with Gasteiger partial charge in [-0.05, 0) is 17.7 Å². The number of aromatic nitrogens is 4. The summed E-state index contributed by atoms with van der Waals surface area (Å²) in [6.07, 6.45) is 1.37. The van der Waals surface area contributed by atoms with Gasteiger partial charge in [0.25, 0.3) is 0 Å². The van der Waals surface area contributed by atoms with Gasteiger partial charge in [-0.3, -0.25) is 14.2 Å². The molecule has 176 valence electrons. The first-order valence-corrected chi connectivity index (χ1v) is 11.2. The number of hydrogen-bond donors (Lipinski definition) is 3. The number of imidazole rings is 1. The van der Waals surface area contributed by atoms with Crippen LogP contribution in [-0.4, -0.2) is 60.1 Å². The van der Waals surface area contributed by atoms with Gasteiger partial charge in [-0.1, -0.05) is 30.3 Å². The molecular weight excluding hydrogens is 450 g/mol. The number of hydrogen-bond acceptors (Lipinski definition) is 9. The van der Waals surface area contributed by atoms with E-state index >= 15 is 0 Å². The molecular formula is C25H21N5O5. The minimum Gasteiger partial charge on any atom is -0.394 e. The highest BCUT2D eigenvalue weighted by Crippen LogP contribution is 2.32. The van der Waals surface area contributed by atoms with E-state index in [0.717, 1.165) is 5.56 Å². The molecule has 2 aromatic carbocycles. The van der Waals surface area contributed by atoms with Crippen LogP contribution in [0.25, 0.3) is 11.2 Å². The van der Waals surface area contributed by atoms with E-state index in [9.17, 15) is 19.8 Å². The lowest BCUT2D eigenvalue weighted by Gasteiger charge is -2.18. The van der Waals surface area contributed by atoms with Crippen molar-refractivity contribution in [3.05, 3.63) is 82.9 Å². The minimum absolute atomic E-state index is 0.152. The highest BCUT2D eigenvalue weighted by molar-refractivity contribution is 6.28. The van der Waals surface area contributed by atoms with E-state index in [1.807, 2.05) is 6.07 Å². The summed E-state index contributed by atoms with van der Waals surface area (Å²) in [7, 11) is 0. The molecule has 0 unspecified atom stereocenters. The number of ether oxygens (including phenoxy) is 1. The van der Waals surface area contributed by atoms with Crippen molar-refractivity contribution >= 4 is 28.5 Å². The number of ketones is 2. The number of fused-ring (bicyclic) bond motifs is 3. The second-order valence-electron chi connectivity index (χ2n) is 8.60. The molecule has 4 aromatic rings. The Balaban J connectivity index is 1.25. The van der Waals surface area contributed by atoms with Crippen molar-refractivity contribution in [2.24, 2.45) is 0 Å². The van der Waals surface area contributed by atoms with Crippen LogP contribution in [0.1, 0.15) is 50.1 Å². The Morgan fingerprint density at radius 3 is 2.49 bits per heavy atom. The average molecular weight is 471 g/mol. The number of benzene rings is 2. The zero-order valence-electron chi connectivity index (χ0n) is 18.5. The third-order valence-electron chi connectivity index (χ3n) is 6.50. The Hall–Kier alpha value is -3.99. The predicted molar refractivity (Wildman–Crippen MR) is 124 cm³/mol. The summed E-state index contributed by atoms with van der Waals surface area (Å²) >= 11 is 0. The summed E-state index contributed by atoms with van der Waals surface area (Å²) in [6, 6.07) is 12.1. The first-order valence-electron chi connectivity index (χ1n) is 11.2. The Bertz CT molecular complexity index is 1480. The van der Waals surface area contributed by atoms with Gasteiger partial charge in [0.15, 0.2) is 28.5 Å². The minimum atomic E-state index is -0.771. The van der Waals surface area contributed by atoms with Gasteiger partial charge in [0.05, 0.1) is 19.0 Å². The molecule has 3 heterocycles. The molecule has 1 saturated heterocycles. The number of nitrogens with one attached hydrogen (secondary N) is 1.